The Balaban J connectivity index is 2.27. The predicted octanol–water partition coefficient (Wildman–Crippen LogP) is 1.34. The zero-order valence-electron chi connectivity index (χ0n) is 12.8. The van der Waals surface area contributed by atoms with E-state index in [2.05, 4.69) is 15.6 Å². The first-order valence-electron chi connectivity index (χ1n) is 7.37. The lowest BCUT2D eigenvalue weighted by atomic mass is 10.2. The summed E-state index contributed by atoms with van der Waals surface area (Å²) in [5.41, 5.74) is 0.798. The van der Waals surface area contributed by atoms with Gasteiger partial charge < -0.3 is 15.7 Å². The second-order valence-electron chi connectivity index (χ2n) is 4.83. The molecule has 0 saturated heterocycles. The first-order chi connectivity index (χ1) is 11.1. The van der Waals surface area contributed by atoms with Crippen LogP contribution in [0.15, 0.2) is 36.2 Å². The van der Waals surface area contributed by atoms with Crippen LogP contribution in [0.1, 0.15) is 31.4 Å². The van der Waals surface area contributed by atoms with E-state index >= 15 is 0 Å². The van der Waals surface area contributed by atoms with Crippen molar-refractivity contribution in [2.24, 2.45) is 0 Å². The van der Waals surface area contributed by atoms with Crippen molar-refractivity contribution in [3.63, 3.8) is 0 Å². The SMILES string of the molecule is N#C/C(=C/NCc1ccccn1)C(=O)NCCCCCC(=O)O. The van der Waals surface area contributed by atoms with Crippen molar-refractivity contribution in [2.45, 2.75) is 32.2 Å². The van der Waals surface area contributed by atoms with Gasteiger partial charge in [0, 0.05) is 25.4 Å². The number of nitrogens with one attached hydrogen (secondary N) is 2. The van der Waals surface area contributed by atoms with Crippen LogP contribution in [0.25, 0.3) is 0 Å². The number of aromatic nitrogens is 1. The molecule has 7 nitrogen and oxygen atoms in total. The van der Waals surface area contributed by atoms with Crippen LogP contribution in [0.5, 0.6) is 0 Å². The van der Waals surface area contributed by atoms with E-state index in [9.17, 15) is 9.59 Å². The molecule has 0 unspecified atom stereocenters. The van der Waals surface area contributed by atoms with Gasteiger partial charge >= 0.3 is 5.97 Å². The van der Waals surface area contributed by atoms with Crippen LogP contribution < -0.4 is 10.6 Å². The minimum absolute atomic E-state index is 0.00790. The molecule has 0 aliphatic heterocycles. The molecule has 122 valence electrons. The topological polar surface area (TPSA) is 115 Å². The van der Waals surface area contributed by atoms with Crippen molar-refractivity contribution in [2.75, 3.05) is 6.54 Å². The molecule has 0 aromatic carbocycles. The average Bonchev–Trinajstić information content (AvgIpc) is 2.55. The van der Waals surface area contributed by atoms with Gasteiger partial charge in [-0.2, -0.15) is 5.26 Å². The van der Waals surface area contributed by atoms with E-state index in [-0.39, 0.29) is 12.0 Å². The van der Waals surface area contributed by atoms with E-state index in [1.165, 1.54) is 6.20 Å². The lowest BCUT2D eigenvalue weighted by molar-refractivity contribution is -0.137. The van der Waals surface area contributed by atoms with Gasteiger partial charge in [-0.05, 0) is 25.0 Å². The van der Waals surface area contributed by atoms with Crippen LogP contribution in [-0.4, -0.2) is 28.5 Å². The molecule has 0 fully saturated rings. The first kappa shape index (κ1) is 18.2. The highest BCUT2D eigenvalue weighted by Crippen LogP contribution is 1.99. The Morgan fingerprint density at radius 1 is 1.30 bits per heavy atom. The van der Waals surface area contributed by atoms with Crippen molar-refractivity contribution in [3.8, 4) is 6.07 Å². The van der Waals surface area contributed by atoms with E-state index in [1.807, 2.05) is 24.3 Å². The summed E-state index contributed by atoms with van der Waals surface area (Å²) < 4.78 is 0. The largest absolute Gasteiger partial charge is 0.481 e. The number of hydrogen-bond acceptors (Lipinski definition) is 5. The van der Waals surface area contributed by atoms with Crippen molar-refractivity contribution in [1.29, 1.82) is 5.26 Å². The standard InChI is InChI=1S/C16H20N4O3/c17-10-13(11-18-12-14-6-3-5-8-19-14)16(23)20-9-4-1-2-7-15(21)22/h3,5-6,8,11,18H,1-2,4,7,9,12H2,(H,20,23)(H,21,22)/b13-11-. The molecule has 1 heterocycles. The summed E-state index contributed by atoms with van der Waals surface area (Å²) in [4.78, 5) is 26.3. The summed E-state index contributed by atoms with van der Waals surface area (Å²) >= 11 is 0. The molecule has 1 aromatic heterocycles. The first-order valence-corrected chi connectivity index (χ1v) is 7.37. The number of carboxylic acid groups (broad SMARTS) is 1. The van der Waals surface area contributed by atoms with Gasteiger partial charge in [0.15, 0.2) is 0 Å². The van der Waals surface area contributed by atoms with Gasteiger partial charge in [-0.3, -0.25) is 14.6 Å². The van der Waals surface area contributed by atoms with Gasteiger partial charge in [-0.15, -0.1) is 0 Å². The summed E-state index contributed by atoms with van der Waals surface area (Å²) in [7, 11) is 0. The van der Waals surface area contributed by atoms with E-state index in [1.54, 1.807) is 6.20 Å². The van der Waals surface area contributed by atoms with Crippen LogP contribution in [0.3, 0.4) is 0 Å². The van der Waals surface area contributed by atoms with Gasteiger partial charge in [0.2, 0.25) is 0 Å². The monoisotopic (exact) mass is 316 g/mol. The zero-order valence-corrected chi connectivity index (χ0v) is 12.8. The van der Waals surface area contributed by atoms with Gasteiger partial charge in [0.1, 0.15) is 11.6 Å². The highest BCUT2D eigenvalue weighted by Gasteiger charge is 2.07. The highest BCUT2D eigenvalue weighted by molar-refractivity contribution is 5.97. The molecule has 23 heavy (non-hydrogen) atoms. The molecule has 0 spiro atoms. The maximum atomic E-state index is 11.8. The van der Waals surface area contributed by atoms with Crippen molar-refractivity contribution in [1.82, 2.24) is 15.6 Å². The molecule has 0 saturated carbocycles. The molecule has 0 atom stereocenters. The number of amides is 1. The number of rotatable bonds is 10. The molecule has 3 N–H and O–H groups in total. The Kier molecular flexibility index (Phi) is 8.52. The molecular formula is C16H20N4O3. The van der Waals surface area contributed by atoms with Crippen molar-refractivity contribution >= 4 is 11.9 Å². The van der Waals surface area contributed by atoms with Crippen LogP contribution >= 0.6 is 0 Å². The zero-order chi connectivity index (χ0) is 16.9. The Bertz CT molecular complexity index is 579. The molecule has 0 bridgehead atoms. The number of carbonyl (C=O) groups is 2. The number of nitrogens with zero attached hydrogens (tertiary/aromatic N) is 2. The molecule has 1 amide bonds. The quantitative estimate of drug-likeness (QED) is 0.341. The molecule has 7 heteroatoms. The Labute approximate surface area is 135 Å². The number of carbonyl (C=O) groups excluding carboxylic acids is 1. The van der Waals surface area contributed by atoms with Crippen LogP contribution in [-0.2, 0) is 16.1 Å². The Hall–Kier alpha value is -2.88. The maximum absolute atomic E-state index is 11.8. The van der Waals surface area contributed by atoms with Gasteiger partial charge in [0.25, 0.3) is 5.91 Å². The molecule has 0 aliphatic carbocycles. The fourth-order valence-corrected chi connectivity index (χ4v) is 1.78. The maximum Gasteiger partial charge on any atom is 0.303 e. The fourth-order valence-electron chi connectivity index (χ4n) is 1.78. The van der Waals surface area contributed by atoms with E-state index in [0.717, 1.165) is 12.1 Å². The van der Waals surface area contributed by atoms with Gasteiger partial charge in [-0.1, -0.05) is 12.5 Å². The van der Waals surface area contributed by atoms with Crippen LogP contribution in [0.4, 0.5) is 0 Å². The lowest BCUT2D eigenvalue weighted by Gasteiger charge is -2.05. The predicted molar refractivity (Wildman–Crippen MR) is 83.9 cm³/mol. The smallest absolute Gasteiger partial charge is 0.303 e. The molecule has 1 aromatic rings. The van der Waals surface area contributed by atoms with Crippen LogP contribution in [0, 0.1) is 11.3 Å². The molecule has 0 aliphatic rings. The number of hydrogen-bond donors (Lipinski definition) is 3. The van der Waals surface area contributed by atoms with E-state index in [4.69, 9.17) is 10.4 Å². The number of aliphatic carboxylic acids is 1. The minimum atomic E-state index is -0.817. The van der Waals surface area contributed by atoms with Crippen molar-refractivity contribution < 1.29 is 14.7 Å². The Morgan fingerprint density at radius 2 is 2.13 bits per heavy atom. The summed E-state index contributed by atoms with van der Waals surface area (Å²) in [6, 6.07) is 7.35. The number of carboxylic acids is 1. The number of nitriles is 1. The Morgan fingerprint density at radius 3 is 2.78 bits per heavy atom. The summed E-state index contributed by atoms with van der Waals surface area (Å²) in [6.07, 6.45) is 5.15. The van der Waals surface area contributed by atoms with E-state index in [0.29, 0.717) is 25.9 Å². The number of unbranched alkanes of at least 4 members (excludes halogenated alkanes) is 2. The van der Waals surface area contributed by atoms with Crippen molar-refractivity contribution in [3.05, 3.63) is 41.9 Å². The second kappa shape index (κ2) is 10.8. The number of pyridine rings is 1. The summed E-state index contributed by atoms with van der Waals surface area (Å²) in [5, 5.41) is 23.0. The average molecular weight is 316 g/mol. The fraction of sp³-hybridized carbons (Fsp3) is 0.375. The molecule has 1 rings (SSSR count). The molecule has 0 radical (unpaired) electrons. The second-order valence-corrected chi connectivity index (χ2v) is 4.83. The van der Waals surface area contributed by atoms with Crippen LogP contribution in [0.2, 0.25) is 0 Å². The van der Waals surface area contributed by atoms with Gasteiger partial charge in [-0.25, -0.2) is 0 Å². The lowest BCUT2D eigenvalue weighted by Crippen LogP contribution is -2.26. The van der Waals surface area contributed by atoms with E-state index < -0.39 is 11.9 Å². The third-order valence-corrected chi connectivity index (χ3v) is 2.97. The highest BCUT2D eigenvalue weighted by atomic mass is 16.4. The summed E-state index contributed by atoms with van der Waals surface area (Å²) in [6.45, 7) is 0.839. The summed E-state index contributed by atoms with van der Waals surface area (Å²) in [5.74, 6) is -1.26. The van der Waals surface area contributed by atoms with Gasteiger partial charge in [0.05, 0.1) is 12.2 Å². The normalized spacial score (nSPS) is 10.7. The third kappa shape index (κ3) is 8.21. The third-order valence-electron chi connectivity index (χ3n) is 2.97. The molecular weight excluding hydrogens is 296 g/mol. The minimum Gasteiger partial charge on any atom is -0.481 e.